The molecule has 0 N–H and O–H groups in total. The molecule has 0 bridgehead atoms. The van der Waals surface area contributed by atoms with Gasteiger partial charge in [-0.05, 0) is 32.0 Å². The SMILES string of the molecule is CC(C)N1CCOC(C(=O)c2ccc(Cl)cc2F)C1. The van der Waals surface area contributed by atoms with E-state index >= 15 is 0 Å². The van der Waals surface area contributed by atoms with E-state index < -0.39 is 11.9 Å². The third kappa shape index (κ3) is 3.32. The van der Waals surface area contributed by atoms with Crippen LogP contribution < -0.4 is 0 Å². The van der Waals surface area contributed by atoms with Crippen molar-refractivity contribution < 1.29 is 13.9 Å². The van der Waals surface area contributed by atoms with Gasteiger partial charge in [0.25, 0.3) is 0 Å². The average Bonchev–Trinajstić information content (AvgIpc) is 2.38. The van der Waals surface area contributed by atoms with Crippen LogP contribution in [0.3, 0.4) is 0 Å². The van der Waals surface area contributed by atoms with Gasteiger partial charge >= 0.3 is 0 Å². The van der Waals surface area contributed by atoms with Crippen LogP contribution in [0.25, 0.3) is 0 Å². The van der Waals surface area contributed by atoms with E-state index in [1.165, 1.54) is 12.1 Å². The second kappa shape index (κ2) is 5.99. The predicted octanol–water partition coefficient (Wildman–Crippen LogP) is 2.77. The number of halogens is 2. The van der Waals surface area contributed by atoms with Gasteiger partial charge < -0.3 is 4.74 Å². The molecule has 1 aromatic rings. The molecule has 2 rings (SSSR count). The Labute approximate surface area is 117 Å². The van der Waals surface area contributed by atoms with Crippen molar-refractivity contribution in [1.82, 2.24) is 4.90 Å². The van der Waals surface area contributed by atoms with Crippen molar-refractivity contribution in [1.29, 1.82) is 0 Å². The highest BCUT2D eigenvalue weighted by Gasteiger charge is 2.29. The van der Waals surface area contributed by atoms with Crippen LogP contribution in [0.2, 0.25) is 5.02 Å². The molecule has 1 aliphatic heterocycles. The summed E-state index contributed by atoms with van der Waals surface area (Å²) in [7, 11) is 0. The number of ketones is 1. The molecule has 1 aliphatic rings. The molecule has 1 unspecified atom stereocenters. The Morgan fingerprint density at radius 3 is 2.89 bits per heavy atom. The van der Waals surface area contributed by atoms with E-state index in [4.69, 9.17) is 16.3 Å². The highest BCUT2D eigenvalue weighted by atomic mass is 35.5. The van der Waals surface area contributed by atoms with E-state index in [-0.39, 0.29) is 16.4 Å². The summed E-state index contributed by atoms with van der Waals surface area (Å²) < 4.78 is 19.2. The molecule has 19 heavy (non-hydrogen) atoms. The molecular weight excluding hydrogens is 269 g/mol. The molecule has 1 atom stereocenters. The Hall–Kier alpha value is -0.970. The third-order valence-electron chi connectivity index (χ3n) is 3.32. The molecule has 1 aromatic carbocycles. The van der Waals surface area contributed by atoms with Gasteiger partial charge in [-0.3, -0.25) is 9.69 Å². The highest BCUT2D eigenvalue weighted by molar-refractivity contribution is 6.30. The van der Waals surface area contributed by atoms with Crippen LogP contribution in [-0.4, -0.2) is 42.5 Å². The first-order chi connectivity index (χ1) is 8.99. The van der Waals surface area contributed by atoms with E-state index in [1.807, 2.05) is 0 Å². The molecule has 0 radical (unpaired) electrons. The highest BCUT2D eigenvalue weighted by Crippen LogP contribution is 2.19. The summed E-state index contributed by atoms with van der Waals surface area (Å²) in [6, 6.07) is 4.42. The molecular formula is C14H17ClFNO2. The van der Waals surface area contributed by atoms with Crippen LogP contribution in [-0.2, 0) is 4.74 Å². The molecule has 0 amide bonds. The van der Waals surface area contributed by atoms with Gasteiger partial charge in [-0.1, -0.05) is 11.6 Å². The smallest absolute Gasteiger partial charge is 0.195 e. The van der Waals surface area contributed by atoms with Gasteiger partial charge in [0.2, 0.25) is 0 Å². The van der Waals surface area contributed by atoms with Gasteiger partial charge in [-0.25, -0.2) is 4.39 Å². The van der Waals surface area contributed by atoms with Crippen LogP contribution >= 0.6 is 11.6 Å². The third-order valence-corrected chi connectivity index (χ3v) is 3.55. The molecule has 0 aliphatic carbocycles. The largest absolute Gasteiger partial charge is 0.367 e. The standard InChI is InChI=1S/C14H17ClFNO2/c1-9(2)17-5-6-19-13(8-17)14(18)11-4-3-10(15)7-12(11)16/h3-4,7,9,13H,5-6,8H2,1-2H3. The summed E-state index contributed by atoms with van der Waals surface area (Å²) >= 11 is 5.68. The molecule has 3 nitrogen and oxygen atoms in total. The van der Waals surface area contributed by atoms with Gasteiger partial charge in [-0.2, -0.15) is 0 Å². The maximum Gasteiger partial charge on any atom is 0.195 e. The second-order valence-electron chi connectivity index (χ2n) is 4.94. The monoisotopic (exact) mass is 285 g/mol. The van der Waals surface area contributed by atoms with Gasteiger partial charge in [-0.15, -0.1) is 0 Å². The quantitative estimate of drug-likeness (QED) is 0.800. The summed E-state index contributed by atoms with van der Waals surface area (Å²) in [4.78, 5) is 14.4. The molecule has 104 valence electrons. The number of hydrogen-bond acceptors (Lipinski definition) is 3. The minimum Gasteiger partial charge on any atom is -0.367 e. The maximum absolute atomic E-state index is 13.7. The van der Waals surface area contributed by atoms with Crippen LogP contribution in [0.15, 0.2) is 18.2 Å². The van der Waals surface area contributed by atoms with E-state index in [0.717, 1.165) is 12.6 Å². The van der Waals surface area contributed by atoms with Gasteiger partial charge in [0.1, 0.15) is 11.9 Å². The Morgan fingerprint density at radius 1 is 1.53 bits per heavy atom. The summed E-state index contributed by atoms with van der Waals surface area (Å²) in [5, 5.41) is 0.280. The van der Waals surface area contributed by atoms with Gasteiger partial charge in [0.15, 0.2) is 5.78 Å². The minimum absolute atomic E-state index is 0.0417. The van der Waals surface area contributed by atoms with Crippen LogP contribution in [0.5, 0.6) is 0 Å². The number of nitrogens with zero attached hydrogens (tertiary/aromatic N) is 1. The van der Waals surface area contributed by atoms with E-state index in [1.54, 1.807) is 0 Å². The first-order valence-electron chi connectivity index (χ1n) is 6.34. The number of ether oxygens (including phenoxy) is 1. The first kappa shape index (κ1) is 14.4. The van der Waals surface area contributed by atoms with Gasteiger partial charge in [0.05, 0.1) is 12.2 Å². The predicted molar refractivity (Wildman–Crippen MR) is 72.2 cm³/mol. The molecule has 1 saturated heterocycles. The number of Topliss-reactive ketones (excluding diaryl/α,β-unsaturated/α-hetero) is 1. The number of morpholine rings is 1. The number of hydrogen-bond donors (Lipinski definition) is 0. The topological polar surface area (TPSA) is 29.5 Å². The molecule has 0 aromatic heterocycles. The zero-order valence-corrected chi connectivity index (χ0v) is 11.8. The van der Waals surface area contributed by atoms with Crippen molar-refractivity contribution in [2.24, 2.45) is 0 Å². The number of carbonyl (C=O) groups is 1. The lowest BCUT2D eigenvalue weighted by atomic mass is 10.0. The average molecular weight is 286 g/mol. The lowest BCUT2D eigenvalue weighted by molar-refractivity contribution is -0.0257. The van der Waals surface area contributed by atoms with E-state index in [9.17, 15) is 9.18 Å². The summed E-state index contributed by atoms with van der Waals surface area (Å²) in [6.07, 6.45) is -0.605. The van der Waals surface area contributed by atoms with Crippen molar-refractivity contribution in [3.8, 4) is 0 Å². The van der Waals surface area contributed by atoms with Crippen molar-refractivity contribution in [2.45, 2.75) is 26.0 Å². The number of carbonyl (C=O) groups excluding carboxylic acids is 1. The van der Waals surface area contributed by atoms with Crippen LogP contribution in [0.4, 0.5) is 4.39 Å². The zero-order valence-electron chi connectivity index (χ0n) is 11.0. The Bertz CT molecular complexity index is 479. The van der Waals surface area contributed by atoms with Crippen molar-refractivity contribution in [2.75, 3.05) is 19.7 Å². The Balaban J connectivity index is 2.15. The minimum atomic E-state index is -0.605. The second-order valence-corrected chi connectivity index (χ2v) is 5.37. The normalized spacial score (nSPS) is 20.8. The lowest BCUT2D eigenvalue weighted by Crippen LogP contribution is -2.48. The van der Waals surface area contributed by atoms with Crippen molar-refractivity contribution in [3.05, 3.63) is 34.6 Å². The van der Waals surface area contributed by atoms with Crippen molar-refractivity contribution in [3.63, 3.8) is 0 Å². The fourth-order valence-corrected chi connectivity index (χ4v) is 2.32. The summed E-state index contributed by atoms with van der Waals surface area (Å²) in [5.41, 5.74) is 0.0417. The Kier molecular flexibility index (Phi) is 4.55. The number of rotatable bonds is 3. The fourth-order valence-electron chi connectivity index (χ4n) is 2.16. The summed E-state index contributed by atoms with van der Waals surface area (Å²) in [5.74, 6) is -0.915. The van der Waals surface area contributed by atoms with Crippen molar-refractivity contribution >= 4 is 17.4 Å². The van der Waals surface area contributed by atoms with Crippen LogP contribution in [0, 0.1) is 5.82 Å². The molecule has 1 heterocycles. The fraction of sp³-hybridized carbons (Fsp3) is 0.500. The van der Waals surface area contributed by atoms with E-state index in [2.05, 4.69) is 18.7 Å². The van der Waals surface area contributed by atoms with Gasteiger partial charge in [0, 0.05) is 24.2 Å². The molecule has 0 spiro atoms. The lowest BCUT2D eigenvalue weighted by Gasteiger charge is -2.34. The molecule has 0 saturated carbocycles. The zero-order chi connectivity index (χ0) is 14.0. The Morgan fingerprint density at radius 2 is 2.26 bits per heavy atom. The molecule has 1 fully saturated rings. The van der Waals surface area contributed by atoms with Crippen LogP contribution in [0.1, 0.15) is 24.2 Å². The van der Waals surface area contributed by atoms with E-state index in [0.29, 0.717) is 19.2 Å². The molecule has 5 heteroatoms. The first-order valence-corrected chi connectivity index (χ1v) is 6.71. The summed E-state index contributed by atoms with van der Waals surface area (Å²) in [6.45, 7) is 5.92. The number of benzene rings is 1. The maximum atomic E-state index is 13.7.